The van der Waals surface area contributed by atoms with Crippen LogP contribution in [0.25, 0.3) is 11.1 Å². The lowest BCUT2D eigenvalue weighted by atomic mass is 9.96. The van der Waals surface area contributed by atoms with Gasteiger partial charge < -0.3 is 20.5 Å². The van der Waals surface area contributed by atoms with Gasteiger partial charge in [0.15, 0.2) is 0 Å². The Labute approximate surface area is 123 Å². The number of anilines is 1. The molecule has 3 N–H and O–H groups in total. The molecule has 0 spiro atoms. The molecule has 2 aromatic rings. The molecular formula is C15H20N4O2. The van der Waals surface area contributed by atoms with Crippen LogP contribution < -0.4 is 15.8 Å². The van der Waals surface area contributed by atoms with E-state index >= 15 is 0 Å². The highest BCUT2D eigenvalue weighted by molar-refractivity contribution is 5.74. The minimum Gasteiger partial charge on any atom is -0.495 e. The average molecular weight is 288 g/mol. The summed E-state index contributed by atoms with van der Waals surface area (Å²) in [5.41, 5.74) is 9.81. The number of methoxy groups -OCH3 is 1. The Morgan fingerprint density at radius 3 is 2.95 bits per heavy atom. The van der Waals surface area contributed by atoms with E-state index in [0.29, 0.717) is 18.0 Å². The van der Waals surface area contributed by atoms with Crippen molar-refractivity contribution in [1.82, 2.24) is 15.1 Å². The molecule has 0 amide bonds. The number of aryl methyl sites for hydroxylation is 1. The highest BCUT2D eigenvalue weighted by Gasteiger charge is 2.22. The van der Waals surface area contributed by atoms with E-state index in [1.807, 2.05) is 31.6 Å². The number of ether oxygens (including phenoxy) is 2. The summed E-state index contributed by atoms with van der Waals surface area (Å²) in [7, 11) is 3.52. The molecule has 1 atom stereocenters. The van der Waals surface area contributed by atoms with Crippen LogP contribution in [0.15, 0.2) is 24.5 Å². The fraction of sp³-hybridized carbons (Fsp3) is 0.400. The summed E-state index contributed by atoms with van der Waals surface area (Å²) in [6, 6.07) is 3.90. The molecule has 0 radical (unpaired) electrons. The third-order valence-electron chi connectivity index (χ3n) is 3.69. The van der Waals surface area contributed by atoms with Gasteiger partial charge in [0, 0.05) is 31.9 Å². The van der Waals surface area contributed by atoms with Crippen molar-refractivity contribution in [1.29, 1.82) is 0 Å². The highest BCUT2D eigenvalue weighted by Crippen LogP contribution is 2.37. The summed E-state index contributed by atoms with van der Waals surface area (Å²) in [5.74, 6) is 0.673. The first-order valence-corrected chi connectivity index (χ1v) is 6.98. The lowest BCUT2D eigenvalue weighted by Gasteiger charge is -2.26. The van der Waals surface area contributed by atoms with Gasteiger partial charge in [0.25, 0.3) is 0 Å². The minimum absolute atomic E-state index is 0.0107. The molecule has 1 aliphatic rings. The minimum atomic E-state index is -0.0107. The lowest BCUT2D eigenvalue weighted by molar-refractivity contribution is 0.0279. The monoisotopic (exact) mass is 288 g/mol. The number of nitrogens with zero attached hydrogens (tertiary/aromatic N) is 2. The van der Waals surface area contributed by atoms with Crippen molar-refractivity contribution in [3.63, 3.8) is 0 Å². The molecule has 1 aliphatic heterocycles. The van der Waals surface area contributed by atoms with Gasteiger partial charge in [0.1, 0.15) is 5.75 Å². The maximum atomic E-state index is 6.07. The quantitative estimate of drug-likeness (QED) is 0.834. The van der Waals surface area contributed by atoms with E-state index in [0.717, 1.165) is 29.8 Å². The number of hydrogen-bond acceptors (Lipinski definition) is 5. The van der Waals surface area contributed by atoms with E-state index in [2.05, 4.69) is 10.4 Å². The molecule has 1 aromatic carbocycles. The van der Waals surface area contributed by atoms with Gasteiger partial charge in [-0.25, -0.2) is 0 Å². The van der Waals surface area contributed by atoms with Gasteiger partial charge in [0.05, 0.1) is 31.7 Å². The highest BCUT2D eigenvalue weighted by atomic mass is 16.5. The third-order valence-corrected chi connectivity index (χ3v) is 3.69. The van der Waals surface area contributed by atoms with E-state index < -0.39 is 0 Å². The van der Waals surface area contributed by atoms with E-state index in [1.165, 1.54) is 0 Å². The van der Waals surface area contributed by atoms with Crippen LogP contribution >= 0.6 is 0 Å². The van der Waals surface area contributed by atoms with E-state index in [9.17, 15) is 0 Å². The van der Waals surface area contributed by atoms with Crippen LogP contribution in [-0.4, -0.2) is 36.6 Å². The van der Waals surface area contributed by atoms with Gasteiger partial charge in [-0.2, -0.15) is 5.10 Å². The smallest absolute Gasteiger partial charge is 0.142 e. The predicted octanol–water partition coefficient (Wildman–Crippen LogP) is 1.34. The first-order valence-electron chi connectivity index (χ1n) is 6.98. The first-order chi connectivity index (χ1) is 10.2. The number of hydrogen-bond donors (Lipinski definition) is 2. The van der Waals surface area contributed by atoms with Crippen LogP contribution in [0, 0.1) is 0 Å². The van der Waals surface area contributed by atoms with E-state index in [1.54, 1.807) is 11.8 Å². The molecule has 0 saturated carbocycles. The Bertz CT molecular complexity index is 633. The topological polar surface area (TPSA) is 74.3 Å². The molecular weight excluding hydrogens is 268 g/mol. The molecule has 0 bridgehead atoms. The summed E-state index contributed by atoms with van der Waals surface area (Å²) in [6.07, 6.45) is 3.80. The summed E-state index contributed by atoms with van der Waals surface area (Å²) in [5, 5.41) is 7.59. The molecule has 1 unspecified atom stereocenters. The number of nitrogen functional groups attached to an aromatic ring is 1. The van der Waals surface area contributed by atoms with Gasteiger partial charge in [-0.05, 0) is 23.3 Å². The third kappa shape index (κ3) is 2.72. The number of rotatable bonds is 3. The standard InChI is InChI=1S/C15H20N4O2/c1-19-9-10(7-18-19)11-5-13(16)14(20-2)6-12(11)15-8-17-3-4-21-15/h5-7,9,15,17H,3-4,8,16H2,1-2H3. The number of nitrogens with two attached hydrogens (primary N) is 1. The predicted molar refractivity (Wildman–Crippen MR) is 81.2 cm³/mol. The van der Waals surface area contributed by atoms with Gasteiger partial charge >= 0.3 is 0 Å². The van der Waals surface area contributed by atoms with Gasteiger partial charge in [-0.1, -0.05) is 0 Å². The second-order valence-corrected chi connectivity index (χ2v) is 5.15. The van der Waals surface area contributed by atoms with E-state index in [-0.39, 0.29) is 6.10 Å². The Hall–Kier alpha value is -2.05. The number of benzene rings is 1. The normalized spacial score (nSPS) is 18.7. The summed E-state index contributed by atoms with van der Waals surface area (Å²) >= 11 is 0. The summed E-state index contributed by atoms with van der Waals surface area (Å²) in [4.78, 5) is 0. The molecule has 112 valence electrons. The second-order valence-electron chi connectivity index (χ2n) is 5.15. The Morgan fingerprint density at radius 2 is 2.33 bits per heavy atom. The molecule has 1 saturated heterocycles. The molecule has 1 fully saturated rings. The summed E-state index contributed by atoms with van der Waals surface area (Å²) < 4.78 is 13.0. The molecule has 1 aromatic heterocycles. The zero-order chi connectivity index (χ0) is 14.8. The van der Waals surface area contributed by atoms with Crippen LogP contribution in [0.4, 0.5) is 5.69 Å². The zero-order valence-corrected chi connectivity index (χ0v) is 12.3. The Kier molecular flexibility index (Phi) is 3.81. The number of morpholine rings is 1. The Morgan fingerprint density at radius 1 is 1.48 bits per heavy atom. The maximum Gasteiger partial charge on any atom is 0.142 e. The van der Waals surface area contributed by atoms with Crippen LogP contribution in [0.1, 0.15) is 11.7 Å². The van der Waals surface area contributed by atoms with Crippen LogP contribution in [0.2, 0.25) is 0 Å². The Balaban J connectivity index is 2.09. The van der Waals surface area contributed by atoms with Crippen LogP contribution in [0.5, 0.6) is 5.75 Å². The van der Waals surface area contributed by atoms with Gasteiger partial charge in [0.2, 0.25) is 0 Å². The van der Waals surface area contributed by atoms with Gasteiger partial charge in [-0.3, -0.25) is 4.68 Å². The maximum absolute atomic E-state index is 6.07. The van der Waals surface area contributed by atoms with Crippen molar-refractivity contribution in [3.05, 3.63) is 30.1 Å². The molecule has 21 heavy (non-hydrogen) atoms. The zero-order valence-electron chi connectivity index (χ0n) is 12.3. The SMILES string of the molecule is COc1cc(C2CNCCO2)c(-c2cnn(C)c2)cc1N. The first kappa shape index (κ1) is 13.9. The van der Waals surface area contributed by atoms with Crippen molar-refractivity contribution in [2.24, 2.45) is 7.05 Å². The molecule has 2 heterocycles. The van der Waals surface area contributed by atoms with E-state index in [4.69, 9.17) is 15.2 Å². The molecule has 0 aliphatic carbocycles. The molecule has 6 nitrogen and oxygen atoms in total. The van der Waals surface area contributed by atoms with Crippen LogP contribution in [0.3, 0.4) is 0 Å². The van der Waals surface area contributed by atoms with Crippen molar-refractivity contribution >= 4 is 5.69 Å². The number of nitrogens with one attached hydrogen (secondary N) is 1. The second kappa shape index (κ2) is 5.75. The van der Waals surface area contributed by atoms with Crippen molar-refractivity contribution < 1.29 is 9.47 Å². The van der Waals surface area contributed by atoms with Crippen LogP contribution in [-0.2, 0) is 11.8 Å². The number of aromatic nitrogens is 2. The fourth-order valence-corrected chi connectivity index (χ4v) is 2.63. The molecule has 3 rings (SSSR count). The largest absolute Gasteiger partial charge is 0.495 e. The van der Waals surface area contributed by atoms with Crippen molar-refractivity contribution in [3.8, 4) is 16.9 Å². The lowest BCUT2D eigenvalue weighted by Crippen LogP contribution is -2.33. The van der Waals surface area contributed by atoms with Gasteiger partial charge in [-0.15, -0.1) is 0 Å². The van der Waals surface area contributed by atoms with Crippen molar-refractivity contribution in [2.45, 2.75) is 6.10 Å². The van der Waals surface area contributed by atoms with Crippen molar-refractivity contribution in [2.75, 3.05) is 32.5 Å². The summed E-state index contributed by atoms with van der Waals surface area (Å²) in [6.45, 7) is 2.36. The molecule has 6 heteroatoms. The average Bonchev–Trinajstić information content (AvgIpc) is 2.94. The fourth-order valence-electron chi connectivity index (χ4n) is 2.63.